The molecule has 4 nitrogen and oxygen atoms in total. The molecule has 104 valence electrons. The second-order valence-electron chi connectivity index (χ2n) is 5.90. The molecule has 0 atom stereocenters. The number of aliphatic hydroxyl groups excluding tert-OH is 1. The van der Waals surface area contributed by atoms with Gasteiger partial charge in [-0.1, -0.05) is 0 Å². The van der Waals surface area contributed by atoms with Gasteiger partial charge in [-0.3, -0.25) is 4.98 Å². The molecule has 0 amide bonds. The minimum absolute atomic E-state index is 0.0451. The summed E-state index contributed by atoms with van der Waals surface area (Å²) in [6, 6.07) is 4.72. The van der Waals surface area contributed by atoms with Crippen LogP contribution in [0.15, 0.2) is 24.5 Å². The van der Waals surface area contributed by atoms with Gasteiger partial charge in [-0.25, -0.2) is 0 Å². The van der Waals surface area contributed by atoms with E-state index in [1.54, 1.807) is 0 Å². The van der Waals surface area contributed by atoms with Gasteiger partial charge >= 0.3 is 0 Å². The first-order valence-electron chi connectivity index (χ1n) is 7.35. The number of aromatic nitrogens is 1. The molecule has 1 saturated heterocycles. The van der Waals surface area contributed by atoms with Crippen LogP contribution in [0.1, 0.15) is 32.1 Å². The number of pyridine rings is 1. The van der Waals surface area contributed by atoms with Crippen molar-refractivity contribution in [2.24, 2.45) is 0 Å². The van der Waals surface area contributed by atoms with Crippen LogP contribution in [0.4, 0.5) is 5.69 Å². The smallest absolute Gasteiger partial charge is 0.0613 e. The summed E-state index contributed by atoms with van der Waals surface area (Å²) in [6.07, 6.45) is 9.54. The van der Waals surface area contributed by atoms with Crippen LogP contribution < -0.4 is 10.2 Å². The quantitative estimate of drug-likeness (QED) is 0.863. The molecule has 1 saturated carbocycles. The molecule has 1 aliphatic heterocycles. The predicted molar refractivity (Wildman–Crippen MR) is 76.3 cm³/mol. The van der Waals surface area contributed by atoms with E-state index in [1.807, 2.05) is 12.4 Å². The van der Waals surface area contributed by atoms with Crippen molar-refractivity contribution in [3.05, 3.63) is 24.5 Å². The third-order valence-corrected chi connectivity index (χ3v) is 4.65. The van der Waals surface area contributed by atoms with Gasteiger partial charge in [0.25, 0.3) is 0 Å². The Morgan fingerprint density at radius 3 is 2.47 bits per heavy atom. The molecule has 1 aromatic rings. The summed E-state index contributed by atoms with van der Waals surface area (Å²) in [5.74, 6) is 0. The Morgan fingerprint density at radius 2 is 1.95 bits per heavy atom. The van der Waals surface area contributed by atoms with E-state index in [1.165, 1.54) is 12.1 Å². The Kier molecular flexibility index (Phi) is 3.71. The lowest BCUT2D eigenvalue weighted by Gasteiger charge is -2.46. The van der Waals surface area contributed by atoms with Crippen LogP contribution in [-0.2, 0) is 0 Å². The van der Waals surface area contributed by atoms with Gasteiger partial charge in [-0.05, 0) is 44.2 Å². The maximum Gasteiger partial charge on any atom is 0.0613 e. The molecule has 2 heterocycles. The second-order valence-corrected chi connectivity index (χ2v) is 5.90. The fourth-order valence-corrected chi connectivity index (χ4v) is 3.22. The van der Waals surface area contributed by atoms with E-state index < -0.39 is 0 Å². The minimum atomic E-state index is 0.0451. The highest BCUT2D eigenvalue weighted by Gasteiger charge is 2.38. The number of hydrogen-bond donors (Lipinski definition) is 2. The highest BCUT2D eigenvalue weighted by atomic mass is 16.3. The lowest BCUT2D eigenvalue weighted by Crippen LogP contribution is -2.59. The molecule has 2 aliphatic rings. The van der Waals surface area contributed by atoms with Gasteiger partial charge in [-0.15, -0.1) is 0 Å². The van der Waals surface area contributed by atoms with Crippen molar-refractivity contribution >= 4 is 5.69 Å². The van der Waals surface area contributed by atoms with Gasteiger partial charge in [0.05, 0.1) is 6.61 Å². The molecular weight excluding hydrogens is 238 g/mol. The molecule has 0 radical (unpaired) electrons. The number of nitrogens with zero attached hydrogens (tertiary/aromatic N) is 2. The maximum atomic E-state index is 9.52. The molecule has 19 heavy (non-hydrogen) atoms. The molecule has 0 bridgehead atoms. The molecule has 2 N–H and O–H groups in total. The van der Waals surface area contributed by atoms with E-state index in [0.717, 1.165) is 38.8 Å². The number of piperidine rings is 1. The molecule has 1 aliphatic carbocycles. The van der Waals surface area contributed by atoms with E-state index in [-0.39, 0.29) is 12.1 Å². The van der Waals surface area contributed by atoms with Crippen molar-refractivity contribution in [1.82, 2.24) is 10.3 Å². The monoisotopic (exact) mass is 261 g/mol. The van der Waals surface area contributed by atoms with Crippen molar-refractivity contribution in [2.75, 3.05) is 24.6 Å². The van der Waals surface area contributed by atoms with Gasteiger partial charge in [0.1, 0.15) is 0 Å². The highest BCUT2D eigenvalue weighted by molar-refractivity contribution is 5.44. The number of hydrogen-bond acceptors (Lipinski definition) is 4. The molecule has 0 unspecified atom stereocenters. The zero-order chi connectivity index (χ0) is 13.1. The number of anilines is 1. The number of rotatable bonds is 4. The molecular formula is C15H23N3O. The first-order chi connectivity index (χ1) is 9.31. The average molecular weight is 261 g/mol. The summed E-state index contributed by atoms with van der Waals surface area (Å²) in [7, 11) is 0. The summed E-state index contributed by atoms with van der Waals surface area (Å²) in [5, 5.41) is 13.2. The van der Waals surface area contributed by atoms with Gasteiger partial charge in [-0.2, -0.15) is 0 Å². The molecule has 3 rings (SSSR count). The predicted octanol–water partition coefficient (Wildman–Crippen LogP) is 1.55. The van der Waals surface area contributed by atoms with Crippen LogP contribution in [0.3, 0.4) is 0 Å². The van der Waals surface area contributed by atoms with Crippen molar-refractivity contribution in [3.63, 3.8) is 0 Å². The number of nitrogens with one attached hydrogen (secondary N) is 1. The molecule has 2 fully saturated rings. The summed E-state index contributed by atoms with van der Waals surface area (Å²) < 4.78 is 0. The average Bonchev–Trinajstić information content (AvgIpc) is 2.45. The normalized spacial score (nSPS) is 23.1. The molecule has 0 spiro atoms. The highest BCUT2D eigenvalue weighted by Crippen LogP contribution is 2.33. The van der Waals surface area contributed by atoms with Crippen LogP contribution in [0.2, 0.25) is 0 Å². The summed E-state index contributed by atoms with van der Waals surface area (Å²) in [6.45, 7) is 2.46. The van der Waals surface area contributed by atoms with E-state index >= 15 is 0 Å². The summed E-state index contributed by atoms with van der Waals surface area (Å²) >= 11 is 0. The molecule has 1 aromatic heterocycles. The summed E-state index contributed by atoms with van der Waals surface area (Å²) in [5.41, 5.74) is 1.32. The Balaban J connectivity index is 1.52. The zero-order valence-electron chi connectivity index (χ0n) is 11.4. The lowest BCUT2D eigenvalue weighted by molar-refractivity contribution is 0.0728. The van der Waals surface area contributed by atoms with E-state index in [4.69, 9.17) is 0 Å². The van der Waals surface area contributed by atoms with Crippen LogP contribution in [0.5, 0.6) is 0 Å². The lowest BCUT2D eigenvalue weighted by atomic mass is 9.76. The first-order valence-corrected chi connectivity index (χ1v) is 7.35. The Morgan fingerprint density at radius 1 is 1.26 bits per heavy atom. The maximum absolute atomic E-state index is 9.52. The minimum Gasteiger partial charge on any atom is -0.394 e. The largest absolute Gasteiger partial charge is 0.394 e. The third-order valence-electron chi connectivity index (χ3n) is 4.65. The second kappa shape index (κ2) is 5.47. The first kappa shape index (κ1) is 12.9. The van der Waals surface area contributed by atoms with Crippen molar-refractivity contribution < 1.29 is 5.11 Å². The zero-order valence-corrected chi connectivity index (χ0v) is 11.4. The van der Waals surface area contributed by atoms with Crippen molar-refractivity contribution in [3.8, 4) is 0 Å². The van der Waals surface area contributed by atoms with Crippen LogP contribution in [0.25, 0.3) is 0 Å². The fourth-order valence-electron chi connectivity index (χ4n) is 3.22. The van der Waals surface area contributed by atoms with Crippen LogP contribution in [0, 0.1) is 0 Å². The third kappa shape index (κ3) is 2.74. The van der Waals surface area contributed by atoms with Crippen molar-refractivity contribution in [1.29, 1.82) is 0 Å². The molecule has 0 aromatic carbocycles. The van der Waals surface area contributed by atoms with Gasteiger partial charge < -0.3 is 15.3 Å². The Hall–Kier alpha value is -1.13. The Labute approximate surface area is 114 Å². The standard InChI is InChI=1S/C15H23N3O/c19-12-15(6-1-7-15)17-13-4-10-18(11-5-13)14-2-8-16-9-3-14/h2-3,8-9,13,17,19H,1,4-7,10-12H2. The SMILES string of the molecule is OCC1(NC2CCN(c3ccncc3)CC2)CCC1. The van der Waals surface area contributed by atoms with E-state index in [2.05, 4.69) is 27.3 Å². The fraction of sp³-hybridized carbons (Fsp3) is 0.667. The topological polar surface area (TPSA) is 48.4 Å². The van der Waals surface area contributed by atoms with E-state index in [0.29, 0.717) is 6.04 Å². The van der Waals surface area contributed by atoms with Gasteiger partial charge in [0.15, 0.2) is 0 Å². The Bertz CT molecular complexity index is 392. The van der Waals surface area contributed by atoms with Gasteiger partial charge in [0, 0.05) is 42.8 Å². The van der Waals surface area contributed by atoms with Crippen LogP contribution >= 0.6 is 0 Å². The van der Waals surface area contributed by atoms with Gasteiger partial charge in [0.2, 0.25) is 0 Å². The summed E-state index contributed by atoms with van der Waals surface area (Å²) in [4.78, 5) is 6.49. The number of aliphatic hydroxyl groups is 1. The van der Waals surface area contributed by atoms with E-state index in [9.17, 15) is 5.11 Å². The molecule has 4 heteroatoms. The van der Waals surface area contributed by atoms with Crippen molar-refractivity contribution in [2.45, 2.75) is 43.7 Å². The van der Waals surface area contributed by atoms with Crippen LogP contribution in [-0.4, -0.2) is 41.4 Å².